The van der Waals surface area contributed by atoms with Gasteiger partial charge in [0.2, 0.25) is 12.7 Å². The zero-order valence-corrected chi connectivity index (χ0v) is 14.3. The van der Waals surface area contributed by atoms with E-state index in [0.29, 0.717) is 23.1 Å². The van der Waals surface area contributed by atoms with E-state index >= 15 is 0 Å². The fourth-order valence-electron chi connectivity index (χ4n) is 2.48. The van der Waals surface area contributed by atoms with Crippen LogP contribution in [-0.4, -0.2) is 24.4 Å². The van der Waals surface area contributed by atoms with Crippen molar-refractivity contribution in [3.63, 3.8) is 0 Å². The number of fused-ring (bicyclic) bond motifs is 1. The minimum absolute atomic E-state index is 0.156. The van der Waals surface area contributed by atoms with Gasteiger partial charge in [-0.3, -0.25) is 4.79 Å². The number of phenolic OH excluding ortho intramolecular Hbond substituents is 1. The summed E-state index contributed by atoms with van der Waals surface area (Å²) in [4.78, 5) is 11.9. The maximum atomic E-state index is 11.9. The molecule has 2 aromatic carbocycles. The molecule has 0 aliphatic carbocycles. The summed E-state index contributed by atoms with van der Waals surface area (Å²) in [6.45, 7) is 0.732. The molecular formula is C19H18ClNO4. The molecule has 0 saturated carbocycles. The number of nitrogens with one attached hydrogen (secondary N) is 1. The molecule has 1 amide bonds. The molecule has 25 heavy (non-hydrogen) atoms. The van der Waals surface area contributed by atoms with Crippen LogP contribution in [0.5, 0.6) is 17.2 Å². The minimum Gasteiger partial charge on any atom is -0.508 e. The summed E-state index contributed by atoms with van der Waals surface area (Å²) in [7, 11) is 0. The van der Waals surface area contributed by atoms with Crippen LogP contribution in [0.4, 0.5) is 0 Å². The molecule has 0 aromatic heterocycles. The monoisotopic (exact) mass is 359 g/mol. The van der Waals surface area contributed by atoms with Crippen LogP contribution >= 0.6 is 11.6 Å². The molecule has 5 nitrogen and oxygen atoms in total. The molecule has 0 radical (unpaired) electrons. The Hall–Kier alpha value is -2.66. The number of hydrogen-bond acceptors (Lipinski definition) is 4. The van der Waals surface area contributed by atoms with Crippen molar-refractivity contribution in [1.82, 2.24) is 5.32 Å². The first-order chi connectivity index (χ1) is 12.1. The maximum absolute atomic E-state index is 11.9. The van der Waals surface area contributed by atoms with Crippen molar-refractivity contribution in [3.05, 3.63) is 58.6 Å². The van der Waals surface area contributed by atoms with Crippen molar-refractivity contribution in [3.8, 4) is 17.2 Å². The lowest BCUT2D eigenvalue weighted by molar-refractivity contribution is -0.116. The van der Waals surface area contributed by atoms with Gasteiger partial charge in [-0.1, -0.05) is 23.7 Å². The van der Waals surface area contributed by atoms with E-state index in [1.165, 1.54) is 6.08 Å². The first-order valence-corrected chi connectivity index (χ1v) is 8.32. The van der Waals surface area contributed by atoms with E-state index < -0.39 is 0 Å². The second-order valence-electron chi connectivity index (χ2n) is 5.63. The normalized spacial score (nSPS) is 12.5. The van der Waals surface area contributed by atoms with E-state index in [2.05, 4.69) is 5.32 Å². The van der Waals surface area contributed by atoms with Crippen molar-refractivity contribution < 1.29 is 19.4 Å². The lowest BCUT2D eigenvalue weighted by Crippen LogP contribution is -2.22. The average molecular weight is 360 g/mol. The van der Waals surface area contributed by atoms with Gasteiger partial charge >= 0.3 is 0 Å². The number of benzene rings is 2. The quantitative estimate of drug-likeness (QED) is 0.611. The van der Waals surface area contributed by atoms with Crippen LogP contribution < -0.4 is 14.8 Å². The molecule has 2 N–H and O–H groups in total. The predicted molar refractivity (Wildman–Crippen MR) is 96.0 cm³/mol. The van der Waals surface area contributed by atoms with Crippen molar-refractivity contribution in [2.45, 2.75) is 12.8 Å². The van der Waals surface area contributed by atoms with Gasteiger partial charge in [-0.25, -0.2) is 0 Å². The van der Waals surface area contributed by atoms with E-state index in [1.54, 1.807) is 30.3 Å². The largest absolute Gasteiger partial charge is 0.508 e. The number of carbonyl (C=O) groups is 1. The molecule has 0 spiro atoms. The molecule has 3 rings (SSSR count). The highest BCUT2D eigenvalue weighted by atomic mass is 35.5. The number of amides is 1. The maximum Gasteiger partial charge on any atom is 0.243 e. The third-order valence-corrected chi connectivity index (χ3v) is 4.04. The second-order valence-corrected chi connectivity index (χ2v) is 6.04. The van der Waals surface area contributed by atoms with Crippen LogP contribution in [0.3, 0.4) is 0 Å². The van der Waals surface area contributed by atoms with Gasteiger partial charge in [-0.2, -0.15) is 0 Å². The highest BCUT2D eigenvalue weighted by Crippen LogP contribution is 2.40. The predicted octanol–water partition coefficient (Wildman–Crippen LogP) is 3.54. The third kappa shape index (κ3) is 4.67. The van der Waals surface area contributed by atoms with E-state index in [0.717, 1.165) is 24.0 Å². The van der Waals surface area contributed by atoms with Gasteiger partial charge < -0.3 is 19.9 Å². The summed E-state index contributed by atoms with van der Waals surface area (Å²) in [5.74, 6) is 1.21. The number of halogens is 1. The molecule has 1 aliphatic heterocycles. The van der Waals surface area contributed by atoms with E-state index in [-0.39, 0.29) is 18.4 Å². The van der Waals surface area contributed by atoms with E-state index in [1.807, 2.05) is 12.1 Å². The number of rotatable bonds is 6. The molecule has 0 saturated heterocycles. The highest BCUT2D eigenvalue weighted by Gasteiger charge is 2.17. The van der Waals surface area contributed by atoms with Crippen LogP contribution in [0, 0.1) is 0 Å². The Labute approximate surface area is 150 Å². The number of aryl methyl sites for hydroxylation is 1. The van der Waals surface area contributed by atoms with Crippen LogP contribution in [0.15, 0.2) is 42.5 Å². The van der Waals surface area contributed by atoms with Crippen LogP contribution in [-0.2, 0) is 11.2 Å². The zero-order valence-electron chi connectivity index (χ0n) is 13.5. The Bertz CT molecular complexity index is 787. The molecule has 0 atom stereocenters. The summed E-state index contributed by atoms with van der Waals surface area (Å²) < 4.78 is 10.5. The summed E-state index contributed by atoms with van der Waals surface area (Å²) in [5, 5.41) is 12.5. The first kappa shape index (κ1) is 17.2. The van der Waals surface area contributed by atoms with E-state index in [4.69, 9.17) is 21.1 Å². The molecule has 1 aliphatic rings. The lowest BCUT2D eigenvalue weighted by atomic mass is 10.1. The van der Waals surface area contributed by atoms with Gasteiger partial charge in [0.1, 0.15) is 5.75 Å². The van der Waals surface area contributed by atoms with E-state index in [9.17, 15) is 9.90 Å². The van der Waals surface area contributed by atoms with Gasteiger partial charge in [0.25, 0.3) is 0 Å². The molecule has 0 fully saturated rings. The summed E-state index contributed by atoms with van der Waals surface area (Å²) in [6, 6.07) is 10.6. The molecule has 2 aromatic rings. The summed E-state index contributed by atoms with van der Waals surface area (Å²) in [5.41, 5.74) is 1.89. The van der Waals surface area contributed by atoms with Gasteiger partial charge in [-0.05, 0) is 54.3 Å². The number of aromatic hydroxyl groups is 1. The highest BCUT2D eigenvalue weighted by molar-refractivity contribution is 6.32. The van der Waals surface area contributed by atoms with Gasteiger partial charge in [0.15, 0.2) is 11.5 Å². The fraction of sp³-hybridized carbons (Fsp3) is 0.211. The average Bonchev–Trinajstić information content (AvgIpc) is 3.08. The smallest absolute Gasteiger partial charge is 0.243 e. The van der Waals surface area contributed by atoms with Gasteiger partial charge in [0.05, 0.1) is 5.02 Å². The summed E-state index contributed by atoms with van der Waals surface area (Å²) >= 11 is 6.11. The first-order valence-electron chi connectivity index (χ1n) is 7.95. The van der Waals surface area contributed by atoms with Crippen molar-refractivity contribution in [2.24, 2.45) is 0 Å². The van der Waals surface area contributed by atoms with Gasteiger partial charge in [0, 0.05) is 12.6 Å². The Kier molecular flexibility index (Phi) is 5.46. The van der Waals surface area contributed by atoms with Crippen LogP contribution in [0.1, 0.15) is 17.5 Å². The zero-order chi connectivity index (χ0) is 17.6. The second kappa shape index (κ2) is 7.94. The standard InChI is InChI=1S/C19H18ClNO4/c20-16-10-14(11-17-19(16)25-12-24-17)5-8-18(23)21-9-1-2-13-3-6-15(22)7-4-13/h3-8,10-11,22H,1-2,9,12H2,(H,21,23)/b8-5+. The molecule has 0 unspecified atom stereocenters. The Balaban J connectivity index is 1.45. The van der Waals surface area contributed by atoms with Crippen molar-refractivity contribution >= 4 is 23.6 Å². The lowest BCUT2D eigenvalue weighted by Gasteiger charge is -2.04. The van der Waals surface area contributed by atoms with Crippen molar-refractivity contribution in [1.29, 1.82) is 0 Å². The molecular weight excluding hydrogens is 342 g/mol. The SMILES string of the molecule is O=C(/C=C/c1cc(Cl)c2c(c1)OCO2)NCCCc1ccc(O)cc1. The van der Waals surface area contributed by atoms with Gasteiger partial charge in [-0.15, -0.1) is 0 Å². The Morgan fingerprint density at radius 1 is 1.24 bits per heavy atom. The topological polar surface area (TPSA) is 67.8 Å². The van der Waals surface area contributed by atoms with Crippen molar-refractivity contribution in [2.75, 3.05) is 13.3 Å². The third-order valence-electron chi connectivity index (χ3n) is 3.75. The molecule has 0 bridgehead atoms. The number of carbonyl (C=O) groups excluding carboxylic acids is 1. The Morgan fingerprint density at radius 2 is 2.04 bits per heavy atom. The Morgan fingerprint density at radius 3 is 2.84 bits per heavy atom. The summed E-state index contributed by atoms with van der Waals surface area (Å²) in [6.07, 6.45) is 4.81. The number of ether oxygens (including phenoxy) is 2. The van der Waals surface area contributed by atoms with Crippen LogP contribution in [0.25, 0.3) is 6.08 Å². The molecule has 6 heteroatoms. The van der Waals surface area contributed by atoms with Crippen LogP contribution in [0.2, 0.25) is 5.02 Å². The number of hydrogen-bond donors (Lipinski definition) is 2. The number of phenols is 1. The molecule has 1 heterocycles. The minimum atomic E-state index is -0.167. The molecule has 130 valence electrons. The fourth-order valence-corrected chi connectivity index (χ4v) is 2.75.